The molecule has 3 saturated carbocycles. The van der Waals surface area contributed by atoms with Gasteiger partial charge in [-0.15, -0.1) is 0 Å². The molecule has 20 heavy (non-hydrogen) atoms. The topological polar surface area (TPSA) is 24.1 Å². The Labute approximate surface area is 125 Å². The van der Waals surface area contributed by atoms with Gasteiger partial charge in [0, 0.05) is 24.2 Å². The molecular weight excluding hydrogens is 244 g/mol. The summed E-state index contributed by atoms with van der Waals surface area (Å²) in [5, 5.41) is 8.07. The molecule has 0 amide bonds. The van der Waals surface area contributed by atoms with E-state index in [-0.39, 0.29) is 0 Å². The first-order valence-corrected chi connectivity index (χ1v) is 9.44. The maximum absolute atomic E-state index is 4.03. The third-order valence-corrected chi connectivity index (χ3v) is 5.88. The molecule has 116 valence electrons. The molecule has 2 heteroatoms. The molecule has 0 aromatic rings. The fraction of sp³-hybridized carbons (Fsp3) is 1.00. The molecule has 3 fully saturated rings. The van der Waals surface area contributed by atoms with E-state index in [2.05, 4.69) is 10.6 Å². The van der Waals surface area contributed by atoms with Crippen molar-refractivity contribution in [3.05, 3.63) is 0 Å². The highest BCUT2D eigenvalue weighted by molar-refractivity contribution is 4.91. The van der Waals surface area contributed by atoms with E-state index < -0.39 is 0 Å². The van der Waals surface area contributed by atoms with Crippen LogP contribution in [0.15, 0.2) is 0 Å². The Kier molecular flexibility index (Phi) is 5.78. The van der Waals surface area contributed by atoms with E-state index in [1.807, 2.05) is 0 Å². The summed E-state index contributed by atoms with van der Waals surface area (Å²) in [7, 11) is 0. The normalized spacial score (nSPS) is 34.2. The van der Waals surface area contributed by atoms with Gasteiger partial charge in [-0.3, -0.25) is 0 Å². The molecule has 0 aromatic heterocycles. The second-order valence-electron chi connectivity index (χ2n) is 7.50. The van der Waals surface area contributed by atoms with Crippen LogP contribution in [-0.4, -0.2) is 24.2 Å². The zero-order chi connectivity index (χ0) is 13.6. The Hall–Kier alpha value is -0.0800. The second-order valence-corrected chi connectivity index (χ2v) is 7.50. The first-order chi connectivity index (χ1) is 9.92. The zero-order valence-electron chi connectivity index (χ0n) is 13.2. The van der Waals surface area contributed by atoms with Crippen LogP contribution in [0.5, 0.6) is 0 Å². The first kappa shape index (κ1) is 14.8. The average Bonchev–Trinajstić information content (AvgIpc) is 2.51. The standard InChI is InChI=1S/C18H34N2/c1-3-9-15(10-4-1)19-17-13-7-8-14-18(17)20-16-11-5-2-6-12-16/h15-20H,1-14H2. The van der Waals surface area contributed by atoms with E-state index in [0.717, 1.165) is 24.2 Å². The van der Waals surface area contributed by atoms with Gasteiger partial charge in [0.1, 0.15) is 0 Å². The minimum Gasteiger partial charge on any atom is -0.310 e. The molecule has 3 aliphatic rings. The quantitative estimate of drug-likeness (QED) is 0.807. The molecule has 2 N–H and O–H groups in total. The molecule has 3 rings (SSSR count). The monoisotopic (exact) mass is 278 g/mol. The highest BCUT2D eigenvalue weighted by Crippen LogP contribution is 2.25. The van der Waals surface area contributed by atoms with Gasteiger partial charge >= 0.3 is 0 Å². The van der Waals surface area contributed by atoms with Gasteiger partial charge in [-0.1, -0.05) is 51.4 Å². The first-order valence-electron chi connectivity index (χ1n) is 9.44. The van der Waals surface area contributed by atoms with E-state index in [1.165, 1.54) is 89.9 Å². The van der Waals surface area contributed by atoms with Crippen LogP contribution in [0.4, 0.5) is 0 Å². The largest absolute Gasteiger partial charge is 0.310 e. The van der Waals surface area contributed by atoms with Gasteiger partial charge < -0.3 is 10.6 Å². The van der Waals surface area contributed by atoms with Crippen molar-refractivity contribution >= 4 is 0 Å². The molecular formula is C18H34N2. The molecule has 0 heterocycles. The van der Waals surface area contributed by atoms with Gasteiger partial charge in [-0.2, -0.15) is 0 Å². The predicted molar refractivity (Wildman–Crippen MR) is 86.1 cm³/mol. The molecule has 0 aromatic carbocycles. The minimum absolute atomic E-state index is 0.758. The van der Waals surface area contributed by atoms with Crippen molar-refractivity contribution in [2.45, 2.75) is 114 Å². The van der Waals surface area contributed by atoms with Crippen LogP contribution in [0.1, 0.15) is 89.9 Å². The van der Waals surface area contributed by atoms with Gasteiger partial charge in [0.25, 0.3) is 0 Å². The number of hydrogen-bond donors (Lipinski definition) is 2. The molecule has 0 radical (unpaired) electrons. The maximum atomic E-state index is 4.03. The lowest BCUT2D eigenvalue weighted by molar-refractivity contribution is 0.214. The van der Waals surface area contributed by atoms with Crippen molar-refractivity contribution < 1.29 is 0 Å². The molecule has 2 nitrogen and oxygen atoms in total. The second kappa shape index (κ2) is 7.79. The number of hydrogen-bond acceptors (Lipinski definition) is 2. The van der Waals surface area contributed by atoms with Crippen molar-refractivity contribution in [2.75, 3.05) is 0 Å². The third kappa shape index (κ3) is 4.21. The molecule has 2 atom stereocenters. The molecule has 0 bridgehead atoms. The molecule has 0 saturated heterocycles. The summed E-state index contributed by atoms with van der Waals surface area (Å²) in [6, 6.07) is 3.16. The highest BCUT2D eigenvalue weighted by atomic mass is 15.1. The summed E-state index contributed by atoms with van der Waals surface area (Å²) in [6.45, 7) is 0. The Balaban J connectivity index is 1.49. The van der Waals surface area contributed by atoms with Crippen LogP contribution in [0.2, 0.25) is 0 Å². The summed E-state index contributed by atoms with van der Waals surface area (Å²) >= 11 is 0. The number of nitrogens with one attached hydrogen (secondary N) is 2. The van der Waals surface area contributed by atoms with Crippen LogP contribution in [0.3, 0.4) is 0 Å². The Morgan fingerprint density at radius 3 is 1.15 bits per heavy atom. The zero-order valence-corrected chi connectivity index (χ0v) is 13.2. The minimum atomic E-state index is 0.758. The summed E-state index contributed by atoms with van der Waals surface area (Å²) in [5.74, 6) is 0. The smallest absolute Gasteiger partial charge is 0.0223 e. The van der Waals surface area contributed by atoms with E-state index in [1.54, 1.807) is 0 Å². The SMILES string of the molecule is C1CCC(NC2CCCCC2NC2CCCCC2)CC1. The van der Waals surface area contributed by atoms with Crippen molar-refractivity contribution in [1.82, 2.24) is 10.6 Å². The van der Waals surface area contributed by atoms with Crippen molar-refractivity contribution in [3.8, 4) is 0 Å². The summed E-state index contributed by atoms with van der Waals surface area (Å²) in [4.78, 5) is 0. The third-order valence-electron chi connectivity index (χ3n) is 5.88. The van der Waals surface area contributed by atoms with Gasteiger partial charge in [-0.05, 0) is 38.5 Å². The van der Waals surface area contributed by atoms with Crippen molar-refractivity contribution in [2.24, 2.45) is 0 Å². The predicted octanol–water partition coefficient (Wildman–Crippen LogP) is 4.14. The van der Waals surface area contributed by atoms with Crippen LogP contribution < -0.4 is 10.6 Å². The Morgan fingerprint density at radius 1 is 0.400 bits per heavy atom. The molecule has 2 unspecified atom stereocenters. The van der Waals surface area contributed by atoms with Crippen LogP contribution >= 0.6 is 0 Å². The summed E-state index contributed by atoms with van der Waals surface area (Å²) in [6.07, 6.45) is 20.1. The molecule has 0 spiro atoms. The van der Waals surface area contributed by atoms with E-state index in [9.17, 15) is 0 Å². The number of rotatable bonds is 4. The van der Waals surface area contributed by atoms with Crippen molar-refractivity contribution in [3.63, 3.8) is 0 Å². The average molecular weight is 278 g/mol. The Bertz CT molecular complexity index is 239. The fourth-order valence-corrected chi connectivity index (χ4v) is 4.67. The van der Waals surface area contributed by atoms with E-state index in [4.69, 9.17) is 0 Å². The van der Waals surface area contributed by atoms with Gasteiger partial charge in [-0.25, -0.2) is 0 Å². The maximum Gasteiger partial charge on any atom is 0.0223 e. The van der Waals surface area contributed by atoms with Crippen LogP contribution in [0, 0.1) is 0 Å². The lowest BCUT2D eigenvalue weighted by Gasteiger charge is -2.39. The van der Waals surface area contributed by atoms with Crippen molar-refractivity contribution in [1.29, 1.82) is 0 Å². The van der Waals surface area contributed by atoms with Gasteiger partial charge in [0.05, 0.1) is 0 Å². The molecule has 0 aliphatic heterocycles. The fourth-order valence-electron chi connectivity index (χ4n) is 4.67. The van der Waals surface area contributed by atoms with Gasteiger partial charge in [0.2, 0.25) is 0 Å². The summed E-state index contributed by atoms with van der Waals surface area (Å²) in [5.41, 5.74) is 0. The van der Waals surface area contributed by atoms with Crippen LogP contribution in [-0.2, 0) is 0 Å². The summed E-state index contributed by atoms with van der Waals surface area (Å²) < 4.78 is 0. The van der Waals surface area contributed by atoms with E-state index >= 15 is 0 Å². The Morgan fingerprint density at radius 2 is 0.750 bits per heavy atom. The van der Waals surface area contributed by atoms with E-state index in [0.29, 0.717) is 0 Å². The lowest BCUT2D eigenvalue weighted by atomic mass is 9.86. The van der Waals surface area contributed by atoms with Gasteiger partial charge in [0.15, 0.2) is 0 Å². The lowest BCUT2D eigenvalue weighted by Crippen LogP contribution is -2.55. The highest BCUT2D eigenvalue weighted by Gasteiger charge is 2.29. The van der Waals surface area contributed by atoms with Crippen LogP contribution in [0.25, 0.3) is 0 Å². The molecule has 3 aliphatic carbocycles.